The van der Waals surface area contributed by atoms with Gasteiger partial charge in [-0.05, 0) is 25.7 Å². The van der Waals surface area contributed by atoms with Crippen LogP contribution in [0.5, 0.6) is 0 Å². The molecule has 0 saturated carbocycles. The van der Waals surface area contributed by atoms with E-state index in [0.29, 0.717) is 25.7 Å². The number of rotatable bonds is 18. The average Bonchev–Trinajstić information content (AvgIpc) is 2.66. The van der Waals surface area contributed by atoms with Crippen LogP contribution in [0, 0.1) is 20.2 Å². The van der Waals surface area contributed by atoms with Crippen molar-refractivity contribution in [2.24, 2.45) is 0 Å². The summed E-state index contributed by atoms with van der Waals surface area (Å²) in [6, 6.07) is -2.30. The Balaban J connectivity index is 4.53. The van der Waals surface area contributed by atoms with E-state index < -0.39 is 34.1 Å². The molecule has 0 spiro atoms. The lowest BCUT2D eigenvalue weighted by Crippen LogP contribution is -2.33. The Kier molecular flexibility index (Phi) is 15.6. The molecule has 0 heterocycles. The molecule has 2 N–H and O–H groups in total. The van der Waals surface area contributed by atoms with Crippen molar-refractivity contribution in [2.75, 3.05) is 0 Å². The average molecular weight is 414 g/mol. The van der Waals surface area contributed by atoms with Crippen molar-refractivity contribution in [1.29, 1.82) is 0 Å². The number of aliphatic hydroxyl groups excluding tert-OH is 2. The van der Waals surface area contributed by atoms with Gasteiger partial charge in [-0.25, -0.2) is 0 Å². The molecular formula is C20H34N2O7. The third-order valence-corrected chi connectivity index (χ3v) is 4.69. The maximum atomic E-state index is 11.2. The summed E-state index contributed by atoms with van der Waals surface area (Å²) in [5, 5.41) is 42.4. The highest BCUT2D eigenvalue weighted by Crippen LogP contribution is 2.14. The summed E-state index contributed by atoms with van der Waals surface area (Å²) in [6.07, 6.45) is 9.69. The van der Waals surface area contributed by atoms with Gasteiger partial charge in [-0.3, -0.25) is 20.2 Å². The maximum Gasteiger partial charge on any atom is 0.242 e. The summed E-state index contributed by atoms with van der Waals surface area (Å²) in [6.45, 7) is 2.01. The highest BCUT2D eigenvalue weighted by atomic mass is 16.6. The molecular weight excluding hydrogens is 380 g/mol. The van der Waals surface area contributed by atoms with E-state index in [-0.39, 0.29) is 19.3 Å². The lowest BCUT2D eigenvalue weighted by Gasteiger charge is -2.15. The maximum absolute atomic E-state index is 11.2. The van der Waals surface area contributed by atoms with Gasteiger partial charge >= 0.3 is 0 Å². The van der Waals surface area contributed by atoms with Gasteiger partial charge in [0.2, 0.25) is 12.1 Å². The number of nitrogens with zero attached hydrogens (tertiary/aromatic N) is 2. The van der Waals surface area contributed by atoms with Crippen LogP contribution < -0.4 is 0 Å². The molecule has 0 aromatic carbocycles. The lowest BCUT2D eigenvalue weighted by atomic mass is 10.0. The summed E-state index contributed by atoms with van der Waals surface area (Å²) < 4.78 is 0. The van der Waals surface area contributed by atoms with E-state index in [0.717, 1.165) is 25.5 Å². The van der Waals surface area contributed by atoms with Gasteiger partial charge in [-0.1, -0.05) is 50.5 Å². The predicted octanol–water partition coefficient (Wildman–Crippen LogP) is 3.23. The minimum Gasteiger partial charge on any atom is -0.386 e. The topological polar surface area (TPSA) is 144 Å². The number of carbonyl (C=O) groups is 1. The number of aliphatic hydroxyl groups is 2. The first kappa shape index (κ1) is 26.9. The van der Waals surface area contributed by atoms with Gasteiger partial charge in [0, 0.05) is 29.1 Å². The molecule has 0 fully saturated rings. The largest absolute Gasteiger partial charge is 0.386 e. The standard InChI is InChI=1S/C20H34N2O7/c1-2-3-7-14-19(24)18(22(28)29)13-9-10-15-20(25)17(21(26)27)12-8-5-4-6-11-16-23/h5,8-10,16-20,24-25H,2-4,6-7,11-15H2,1H3/b8-5-,10-9-. The van der Waals surface area contributed by atoms with Gasteiger partial charge in [0.25, 0.3) is 0 Å². The molecule has 0 aromatic heterocycles. The molecule has 9 nitrogen and oxygen atoms in total. The quantitative estimate of drug-likeness (QED) is 0.115. The summed E-state index contributed by atoms with van der Waals surface area (Å²) in [5.74, 6) is 0. The normalized spacial score (nSPS) is 16.0. The van der Waals surface area contributed by atoms with E-state index in [1.54, 1.807) is 12.2 Å². The molecule has 0 aliphatic carbocycles. The minimum atomic E-state index is -1.22. The zero-order valence-electron chi connectivity index (χ0n) is 17.1. The molecule has 0 bridgehead atoms. The van der Waals surface area contributed by atoms with E-state index in [9.17, 15) is 35.2 Å². The Morgan fingerprint density at radius 2 is 1.34 bits per heavy atom. The van der Waals surface area contributed by atoms with Crippen LogP contribution in [0.3, 0.4) is 0 Å². The number of aldehydes is 1. The first-order valence-corrected chi connectivity index (χ1v) is 10.2. The second kappa shape index (κ2) is 16.8. The molecule has 0 saturated heterocycles. The van der Waals surface area contributed by atoms with Gasteiger partial charge in [0.15, 0.2) is 0 Å². The third-order valence-electron chi connectivity index (χ3n) is 4.69. The number of hydrogen-bond acceptors (Lipinski definition) is 7. The molecule has 166 valence electrons. The molecule has 0 amide bonds. The Morgan fingerprint density at radius 3 is 1.90 bits per heavy atom. The Labute approximate surface area is 171 Å². The Hall–Kier alpha value is -2.13. The minimum absolute atomic E-state index is 0.000985. The van der Waals surface area contributed by atoms with E-state index >= 15 is 0 Å². The number of unbranched alkanes of at least 4 members (excludes halogenated alkanes) is 4. The molecule has 4 unspecified atom stereocenters. The highest BCUT2D eigenvalue weighted by molar-refractivity contribution is 5.49. The fraction of sp³-hybridized carbons (Fsp3) is 0.750. The first-order valence-electron chi connectivity index (χ1n) is 10.2. The molecule has 0 aromatic rings. The van der Waals surface area contributed by atoms with Crippen LogP contribution in [-0.4, -0.2) is 50.6 Å². The summed E-state index contributed by atoms with van der Waals surface area (Å²) in [4.78, 5) is 31.5. The zero-order valence-corrected chi connectivity index (χ0v) is 17.1. The molecule has 29 heavy (non-hydrogen) atoms. The monoisotopic (exact) mass is 414 g/mol. The zero-order chi connectivity index (χ0) is 22.1. The third kappa shape index (κ3) is 12.8. The van der Waals surface area contributed by atoms with Gasteiger partial charge < -0.3 is 15.0 Å². The van der Waals surface area contributed by atoms with Crippen molar-refractivity contribution in [3.8, 4) is 0 Å². The summed E-state index contributed by atoms with van der Waals surface area (Å²) >= 11 is 0. The van der Waals surface area contributed by atoms with Crippen molar-refractivity contribution in [1.82, 2.24) is 0 Å². The predicted molar refractivity (Wildman–Crippen MR) is 110 cm³/mol. The SMILES string of the molecule is CCCCCC(O)C(C/C=C\CC(O)C(C/C=C\CCCC=O)[N+](=O)[O-])[N+](=O)[O-]. The number of carbonyl (C=O) groups excluding carboxylic acids is 1. The van der Waals surface area contributed by atoms with Gasteiger partial charge in [0.1, 0.15) is 18.5 Å². The van der Waals surface area contributed by atoms with Crippen LogP contribution >= 0.6 is 0 Å². The number of hydrogen-bond donors (Lipinski definition) is 2. The van der Waals surface area contributed by atoms with Crippen LogP contribution in [0.25, 0.3) is 0 Å². The van der Waals surface area contributed by atoms with Gasteiger partial charge in [-0.2, -0.15) is 0 Å². The van der Waals surface area contributed by atoms with Crippen LogP contribution in [0.15, 0.2) is 24.3 Å². The second-order valence-electron chi connectivity index (χ2n) is 7.08. The highest BCUT2D eigenvalue weighted by Gasteiger charge is 2.29. The Morgan fingerprint density at radius 1 is 0.793 bits per heavy atom. The molecule has 0 rings (SSSR count). The van der Waals surface area contributed by atoms with E-state index in [1.165, 1.54) is 12.2 Å². The van der Waals surface area contributed by atoms with E-state index in [2.05, 4.69) is 0 Å². The molecule has 4 atom stereocenters. The van der Waals surface area contributed by atoms with Crippen molar-refractivity contribution >= 4 is 6.29 Å². The van der Waals surface area contributed by atoms with Crippen LogP contribution in [0.1, 0.15) is 71.1 Å². The molecule has 0 aliphatic heterocycles. The van der Waals surface area contributed by atoms with Crippen molar-refractivity contribution in [3.05, 3.63) is 44.5 Å². The molecule has 0 radical (unpaired) electrons. The fourth-order valence-corrected chi connectivity index (χ4v) is 2.86. The smallest absolute Gasteiger partial charge is 0.242 e. The van der Waals surface area contributed by atoms with E-state index in [1.807, 2.05) is 6.92 Å². The lowest BCUT2D eigenvalue weighted by molar-refractivity contribution is -0.533. The first-order chi connectivity index (χ1) is 13.8. The number of allylic oxidation sites excluding steroid dienone is 1. The van der Waals surface area contributed by atoms with Crippen molar-refractivity contribution < 1.29 is 24.9 Å². The summed E-state index contributed by atoms with van der Waals surface area (Å²) in [7, 11) is 0. The number of nitro groups is 2. The van der Waals surface area contributed by atoms with Gasteiger partial charge in [-0.15, -0.1) is 0 Å². The molecule has 9 heteroatoms. The van der Waals surface area contributed by atoms with E-state index in [4.69, 9.17) is 0 Å². The van der Waals surface area contributed by atoms with Crippen molar-refractivity contribution in [3.63, 3.8) is 0 Å². The molecule has 0 aliphatic rings. The van der Waals surface area contributed by atoms with Crippen LogP contribution in [0.4, 0.5) is 0 Å². The van der Waals surface area contributed by atoms with Gasteiger partial charge in [0.05, 0.1) is 0 Å². The Bertz CT molecular complexity index is 537. The summed E-state index contributed by atoms with van der Waals surface area (Å²) in [5.41, 5.74) is 0. The fourth-order valence-electron chi connectivity index (χ4n) is 2.86. The second-order valence-corrected chi connectivity index (χ2v) is 7.08. The van der Waals surface area contributed by atoms with Crippen LogP contribution in [0.2, 0.25) is 0 Å². The van der Waals surface area contributed by atoms with Crippen molar-refractivity contribution in [2.45, 2.75) is 95.4 Å². The van der Waals surface area contributed by atoms with Crippen LogP contribution in [-0.2, 0) is 4.79 Å².